The summed E-state index contributed by atoms with van der Waals surface area (Å²) in [6, 6.07) is 0. The lowest BCUT2D eigenvalue weighted by atomic mass is 9.85. The molecule has 16 heavy (non-hydrogen) atoms. The Hall–Kier alpha value is -0.120. The van der Waals surface area contributed by atoms with Gasteiger partial charge in [0.2, 0.25) is 0 Å². The molecule has 2 fully saturated rings. The Bertz CT molecular complexity index is 196. The second-order valence-corrected chi connectivity index (χ2v) is 5.40. The lowest BCUT2D eigenvalue weighted by Gasteiger charge is -2.33. The van der Waals surface area contributed by atoms with Gasteiger partial charge in [-0.15, -0.1) is 0 Å². The van der Waals surface area contributed by atoms with E-state index in [2.05, 4.69) is 5.32 Å². The molecule has 94 valence electrons. The maximum atomic E-state index is 10.3. The van der Waals surface area contributed by atoms with Gasteiger partial charge in [0.25, 0.3) is 0 Å². The predicted octanol–water partition coefficient (Wildman–Crippen LogP) is 1.84. The number of rotatable bonds is 4. The summed E-state index contributed by atoms with van der Waals surface area (Å²) in [5.74, 6) is 0. The monoisotopic (exact) mass is 227 g/mol. The van der Waals surface area contributed by atoms with Crippen LogP contribution in [0.5, 0.6) is 0 Å². The van der Waals surface area contributed by atoms with Gasteiger partial charge in [-0.3, -0.25) is 0 Å². The first-order valence-electron chi connectivity index (χ1n) is 6.83. The van der Waals surface area contributed by atoms with E-state index in [9.17, 15) is 5.11 Å². The van der Waals surface area contributed by atoms with Crippen LogP contribution in [-0.2, 0) is 4.74 Å². The van der Waals surface area contributed by atoms with Crippen LogP contribution in [0, 0.1) is 0 Å². The number of nitrogens with one attached hydrogen (secondary N) is 1. The van der Waals surface area contributed by atoms with Crippen molar-refractivity contribution < 1.29 is 9.84 Å². The van der Waals surface area contributed by atoms with Crippen molar-refractivity contribution >= 4 is 0 Å². The minimum absolute atomic E-state index is 0.376. The van der Waals surface area contributed by atoms with Crippen molar-refractivity contribution in [1.82, 2.24) is 5.32 Å². The van der Waals surface area contributed by atoms with Crippen LogP contribution >= 0.6 is 0 Å². The first-order chi connectivity index (χ1) is 7.79. The highest BCUT2D eigenvalue weighted by Crippen LogP contribution is 2.27. The highest BCUT2D eigenvalue weighted by Gasteiger charge is 2.28. The molecule has 2 aliphatic rings. The van der Waals surface area contributed by atoms with E-state index in [1.807, 2.05) is 0 Å². The van der Waals surface area contributed by atoms with Crippen molar-refractivity contribution in [2.45, 2.75) is 63.1 Å². The molecule has 0 spiro atoms. The number of hydrogen-bond acceptors (Lipinski definition) is 3. The molecule has 0 bridgehead atoms. The molecular weight excluding hydrogens is 202 g/mol. The Morgan fingerprint density at radius 2 is 1.94 bits per heavy atom. The van der Waals surface area contributed by atoms with Crippen molar-refractivity contribution in [3.05, 3.63) is 0 Å². The van der Waals surface area contributed by atoms with Crippen molar-refractivity contribution in [2.75, 3.05) is 19.7 Å². The van der Waals surface area contributed by atoms with E-state index in [1.165, 1.54) is 38.5 Å². The van der Waals surface area contributed by atoms with Crippen LogP contribution in [0.25, 0.3) is 0 Å². The van der Waals surface area contributed by atoms with E-state index in [1.54, 1.807) is 0 Å². The number of hydrogen-bond donors (Lipinski definition) is 2. The van der Waals surface area contributed by atoms with E-state index in [-0.39, 0.29) is 0 Å². The third kappa shape index (κ3) is 3.72. The Balaban J connectivity index is 1.62. The van der Waals surface area contributed by atoms with Crippen molar-refractivity contribution in [3.63, 3.8) is 0 Å². The normalized spacial score (nSPS) is 30.2. The maximum Gasteiger partial charge on any atom is 0.0771 e. The third-order valence-corrected chi connectivity index (χ3v) is 3.88. The number of aliphatic hydroxyl groups is 1. The minimum Gasteiger partial charge on any atom is -0.389 e. The van der Waals surface area contributed by atoms with E-state index in [0.717, 1.165) is 32.5 Å². The molecule has 1 saturated carbocycles. The predicted molar refractivity (Wildman–Crippen MR) is 64.5 cm³/mol. The van der Waals surface area contributed by atoms with Gasteiger partial charge in [-0.05, 0) is 32.1 Å². The van der Waals surface area contributed by atoms with Crippen LogP contribution < -0.4 is 5.32 Å². The summed E-state index contributed by atoms with van der Waals surface area (Å²) < 4.78 is 5.66. The molecule has 1 aliphatic heterocycles. The molecule has 1 heterocycles. The van der Waals surface area contributed by atoms with Crippen LogP contribution in [0.4, 0.5) is 0 Å². The van der Waals surface area contributed by atoms with Crippen LogP contribution in [0.3, 0.4) is 0 Å². The largest absolute Gasteiger partial charge is 0.389 e. The molecular formula is C13H25NO2. The average molecular weight is 227 g/mol. The minimum atomic E-state index is -0.438. The molecule has 1 unspecified atom stereocenters. The molecule has 0 amide bonds. The molecule has 1 saturated heterocycles. The van der Waals surface area contributed by atoms with Crippen LogP contribution in [0.2, 0.25) is 0 Å². The summed E-state index contributed by atoms with van der Waals surface area (Å²) in [7, 11) is 0. The molecule has 1 atom stereocenters. The average Bonchev–Trinajstić information content (AvgIpc) is 2.31. The van der Waals surface area contributed by atoms with Gasteiger partial charge in [0.1, 0.15) is 0 Å². The van der Waals surface area contributed by atoms with Gasteiger partial charge in [-0.25, -0.2) is 0 Å². The first kappa shape index (κ1) is 12.3. The third-order valence-electron chi connectivity index (χ3n) is 3.88. The van der Waals surface area contributed by atoms with Gasteiger partial charge >= 0.3 is 0 Å². The zero-order valence-electron chi connectivity index (χ0n) is 10.2. The Morgan fingerprint density at radius 1 is 1.12 bits per heavy atom. The van der Waals surface area contributed by atoms with Crippen molar-refractivity contribution in [2.24, 2.45) is 0 Å². The molecule has 3 heteroatoms. The first-order valence-corrected chi connectivity index (χ1v) is 6.83. The van der Waals surface area contributed by atoms with Gasteiger partial charge in [-0.1, -0.05) is 19.3 Å². The highest BCUT2D eigenvalue weighted by atomic mass is 16.5. The maximum absolute atomic E-state index is 10.3. The summed E-state index contributed by atoms with van der Waals surface area (Å²) in [5, 5.41) is 13.7. The van der Waals surface area contributed by atoms with Gasteiger partial charge in [0.15, 0.2) is 0 Å². The quantitative estimate of drug-likeness (QED) is 0.770. The zero-order valence-corrected chi connectivity index (χ0v) is 10.2. The van der Waals surface area contributed by atoms with E-state index in [4.69, 9.17) is 4.74 Å². The molecule has 2 N–H and O–H groups in total. The second-order valence-electron chi connectivity index (χ2n) is 5.40. The van der Waals surface area contributed by atoms with Crippen LogP contribution in [0.1, 0.15) is 51.4 Å². The number of ether oxygens (including phenoxy) is 1. The summed E-state index contributed by atoms with van der Waals surface area (Å²) in [6.07, 6.45) is 9.62. The fourth-order valence-corrected chi connectivity index (χ4v) is 2.82. The molecule has 2 rings (SSSR count). The Labute approximate surface area is 98.6 Å². The van der Waals surface area contributed by atoms with Gasteiger partial charge in [0.05, 0.1) is 11.7 Å². The summed E-state index contributed by atoms with van der Waals surface area (Å²) in [5.41, 5.74) is -0.438. The van der Waals surface area contributed by atoms with Gasteiger partial charge in [0, 0.05) is 19.7 Å². The lowest BCUT2D eigenvalue weighted by Crippen LogP contribution is -2.44. The van der Waals surface area contributed by atoms with Gasteiger partial charge in [-0.2, -0.15) is 0 Å². The van der Waals surface area contributed by atoms with Crippen molar-refractivity contribution in [1.29, 1.82) is 0 Å². The fraction of sp³-hybridized carbons (Fsp3) is 1.00. The summed E-state index contributed by atoms with van der Waals surface area (Å²) >= 11 is 0. The fourth-order valence-electron chi connectivity index (χ4n) is 2.82. The molecule has 0 aromatic carbocycles. The SMILES string of the molecule is OC1(CNCC2CCCCO2)CCCCC1. The Morgan fingerprint density at radius 3 is 2.62 bits per heavy atom. The van der Waals surface area contributed by atoms with Gasteiger partial charge < -0.3 is 15.2 Å². The molecule has 0 aromatic rings. The topological polar surface area (TPSA) is 41.5 Å². The van der Waals surface area contributed by atoms with Crippen LogP contribution in [0.15, 0.2) is 0 Å². The molecule has 0 radical (unpaired) electrons. The molecule has 1 aliphatic carbocycles. The molecule has 3 nitrogen and oxygen atoms in total. The zero-order chi connectivity index (χ0) is 11.3. The standard InChI is InChI=1S/C13H25NO2/c15-13(7-3-1-4-8-13)11-14-10-12-6-2-5-9-16-12/h12,14-15H,1-11H2. The summed E-state index contributed by atoms with van der Waals surface area (Å²) in [4.78, 5) is 0. The molecule has 0 aromatic heterocycles. The second kappa shape index (κ2) is 5.99. The smallest absolute Gasteiger partial charge is 0.0771 e. The highest BCUT2D eigenvalue weighted by molar-refractivity contribution is 4.84. The van der Waals surface area contributed by atoms with Crippen molar-refractivity contribution in [3.8, 4) is 0 Å². The lowest BCUT2D eigenvalue weighted by molar-refractivity contribution is -0.00907. The van der Waals surface area contributed by atoms with E-state index >= 15 is 0 Å². The van der Waals surface area contributed by atoms with E-state index < -0.39 is 5.60 Å². The summed E-state index contributed by atoms with van der Waals surface area (Å²) in [6.45, 7) is 2.56. The van der Waals surface area contributed by atoms with Crippen LogP contribution in [-0.4, -0.2) is 36.5 Å². The van der Waals surface area contributed by atoms with E-state index in [0.29, 0.717) is 6.10 Å². The Kier molecular flexibility index (Phi) is 4.62.